The van der Waals surface area contributed by atoms with E-state index in [1.807, 2.05) is 19.1 Å². The molecular weight excluding hydrogens is 422 g/mol. The van der Waals surface area contributed by atoms with Gasteiger partial charge in [-0.25, -0.2) is 14.6 Å². The summed E-state index contributed by atoms with van der Waals surface area (Å²) in [5.74, 6) is -0.490. The quantitative estimate of drug-likeness (QED) is 0.323. The third kappa shape index (κ3) is 4.36. The Balaban J connectivity index is 1.62. The highest BCUT2D eigenvalue weighted by molar-refractivity contribution is 6.32. The number of aliphatic imine (C=N–C) groups is 1. The maximum absolute atomic E-state index is 12.5. The minimum Gasteiger partial charge on any atom is -0.493 e. The first-order valence-corrected chi connectivity index (χ1v) is 9.55. The van der Waals surface area contributed by atoms with Gasteiger partial charge in [0.1, 0.15) is 0 Å². The predicted octanol–water partition coefficient (Wildman–Crippen LogP) is 4.81. The number of nitrogens with zero attached hydrogens (tertiary/aromatic N) is 1. The smallest absolute Gasteiger partial charge is 0.363 e. The summed E-state index contributed by atoms with van der Waals surface area (Å²) in [6.07, 6.45) is 2.94. The van der Waals surface area contributed by atoms with Gasteiger partial charge >= 0.3 is 11.9 Å². The Hall–Kier alpha value is -3.84. The van der Waals surface area contributed by atoms with Gasteiger partial charge in [0, 0.05) is 0 Å². The number of ether oxygens (including phenoxy) is 3. The summed E-state index contributed by atoms with van der Waals surface area (Å²) in [7, 11) is 1.42. The highest BCUT2D eigenvalue weighted by atomic mass is 35.5. The summed E-state index contributed by atoms with van der Waals surface area (Å²) < 4.78 is 21.1. The van der Waals surface area contributed by atoms with Crippen molar-refractivity contribution in [2.45, 2.75) is 6.92 Å². The van der Waals surface area contributed by atoms with Gasteiger partial charge in [-0.2, -0.15) is 0 Å². The molecule has 0 fully saturated rings. The van der Waals surface area contributed by atoms with Crippen LogP contribution in [0.3, 0.4) is 0 Å². The van der Waals surface area contributed by atoms with Crippen molar-refractivity contribution in [3.63, 3.8) is 0 Å². The largest absolute Gasteiger partial charge is 0.493 e. The van der Waals surface area contributed by atoms with Gasteiger partial charge in [-0.05, 0) is 55.0 Å². The molecule has 1 aromatic heterocycles. The number of methoxy groups -OCH3 is 1. The monoisotopic (exact) mass is 437 g/mol. The molecule has 0 saturated carbocycles. The standard InChI is InChI=1S/C23H16ClNO6/c1-13-5-7-15(8-6-13)22(26)30-20-16(24)10-14(12-19(20)28-2)11-17-23(27)31-21(25-17)18-4-3-9-29-18/h3-12H,1-2H3/b17-11-. The van der Waals surface area contributed by atoms with Crippen LogP contribution < -0.4 is 9.47 Å². The van der Waals surface area contributed by atoms with Crippen molar-refractivity contribution in [3.05, 3.63) is 88.0 Å². The summed E-state index contributed by atoms with van der Waals surface area (Å²) in [6.45, 7) is 1.92. The van der Waals surface area contributed by atoms with Gasteiger partial charge in [0.15, 0.2) is 23.0 Å². The molecule has 0 saturated heterocycles. The number of cyclic esters (lactones) is 1. The van der Waals surface area contributed by atoms with Crippen LogP contribution in [-0.2, 0) is 9.53 Å². The lowest BCUT2D eigenvalue weighted by Crippen LogP contribution is -2.09. The number of aryl methyl sites for hydroxylation is 1. The molecule has 31 heavy (non-hydrogen) atoms. The number of carbonyl (C=O) groups excluding carboxylic acids is 2. The first-order valence-electron chi connectivity index (χ1n) is 9.17. The molecule has 1 aliphatic heterocycles. The number of benzene rings is 2. The van der Waals surface area contributed by atoms with Gasteiger partial charge in [-0.1, -0.05) is 29.3 Å². The van der Waals surface area contributed by atoms with Crippen molar-refractivity contribution in [3.8, 4) is 11.5 Å². The van der Waals surface area contributed by atoms with Crippen molar-refractivity contribution >= 4 is 35.5 Å². The van der Waals surface area contributed by atoms with Gasteiger partial charge < -0.3 is 18.6 Å². The highest BCUT2D eigenvalue weighted by Gasteiger charge is 2.26. The normalized spacial score (nSPS) is 14.4. The SMILES string of the molecule is COc1cc(/C=C2\N=C(c3ccco3)OC2=O)cc(Cl)c1OC(=O)c1ccc(C)cc1. The molecule has 0 atom stereocenters. The zero-order chi connectivity index (χ0) is 22.0. The predicted molar refractivity (Wildman–Crippen MR) is 113 cm³/mol. The molecule has 0 spiro atoms. The fourth-order valence-electron chi connectivity index (χ4n) is 2.84. The van der Waals surface area contributed by atoms with E-state index >= 15 is 0 Å². The molecule has 0 bridgehead atoms. The Labute approximate surface area is 182 Å². The maximum Gasteiger partial charge on any atom is 0.363 e. The second kappa shape index (κ2) is 8.49. The number of hydrogen-bond donors (Lipinski definition) is 0. The Kier molecular flexibility index (Phi) is 5.60. The first kappa shape index (κ1) is 20.4. The number of furan rings is 1. The van der Waals surface area contributed by atoms with Crippen LogP contribution in [0.15, 0.2) is 69.9 Å². The second-order valence-corrected chi connectivity index (χ2v) is 7.01. The van der Waals surface area contributed by atoms with Crippen LogP contribution in [0.4, 0.5) is 0 Å². The maximum atomic E-state index is 12.5. The highest BCUT2D eigenvalue weighted by Crippen LogP contribution is 2.38. The lowest BCUT2D eigenvalue weighted by molar-refractivity contribution is -0.130. The third-order valence-corrected chi connectivity index (χ3v) is 4.67. The summed E-state index contributed by atoms with van der Waals surface area (Å²) in [6, 6.07) is 13.3. The number of carbonyl (C=O) groups is 2. The average molecular weight is 438 g/mol. The molecule has 4 rings (SSSR count). The Bertz CT molecular complexity index is 1210. The lowest BCUT2D eigenvalue weighted by atomic mass is 10.1. The van der Waals surface area contributed by atoms with Crippen LogP contribution in [-0.4, -0.2) is 24.9 Å². The van der Waals surface area contributed by atoms with Crippen LogP contribution in [0.5, 0.6) is 11.5 Å². The minimum atomic E-state index is -0.628. The van der Waals surface area contributed by atoms with E-state index in [0.717, 1.165) is 5.56 Å². The third-order valence-electron chi connectivity index (χ3n) is 4.39. The summed E-state index contributed by atoms with van der Waals surface area (Å²) in [5, 5.41) is 0.133. The van der Waals surface area contributed by atoms with E-state index in [-0.39, 0.29) is 28.1 Å². The average Bonchev–Trinajstić information content (AvgIpc) is 3.40. The first-order chi connectivity index (χ1) is 14.9. The van der Waals surface area contributed by atoms with E-state index in [1.165, 1.54) is 25.5 Å². The number of halogens is 1. The number of rotatable bonds is 5. The molecule has 0 amide bonds. The topological polar surface area (TPSA) is 87.3 Å². The van der Waals surface area contributed by atoms with E-state index in [1.54, 1.807) is 30.3 Å². The molecule has 0 N–H and O–H groups in total. The van der Waals surface area contributed by atoms with Crippen LogP contribution in [0.25, 0.3) is 6.08 Å². The second-order valence-electron chi connectivity index (χ2n) is 6.60. The van der Waals surface area contributed by atoms with Crippen molar-refractivity contribution in [1.29, 1.82) is 0 Å². The number of hydrogen-bond acceptors (Lipinski definition) is 7. The molecule has 8 heteroatoms. The minimum absolute atomic E-state index is 0.0638. The van der Waals surface area contributed by atoms with Crippen LogP contribution in [0, 0.1) is 6.92 Å². The van der Waals surface area contributed by atoms with Gasteiger partial charge in [0.2, 0.25) is 0 Å². The fourth-order valence-corrected chi connectivity index (χ4v) is 3.09. The molecule has 0 radical (unpaired) electrons. The fraction of sp³-hybridized carbons (Fsp3) is 0.0870. The van der Waals surface area contributed by atoms with E-state index in [0.29, 0.717) is 16.9 Å². The Morgan fingerprint density at radius 1 is 1.16 bits per heavy atom. The van der Waals surface area contributed by atoms with Gasteiger partial charge in [0.25, 0.3) is 5.90 Å². The van der Waals surface area contributed by atoms with Crippen molar-refractivity contribution in [2.75, 3.05) is 7.11 Å². The molecule has 7 nitrogen and oxygen atoms in total. The van der Waals surface area contributed by atoms with Crippen LogP contribution in [0.1, 0.15) is 27.2 Å². The zero-order valence-electron chi connectivity index (χ0n) is 16.5. The van der Waals surface area contributed by atoms with Gasteiger partial charge in [0.05, 0.1) is 24.0 Å². The molecule has 0 unspecified atom stereocenters. The van der Waals surface area contributed by atoms with E-state index in [4.69, 9.17) is 30.2 Å². The van der Waals surface area contributed by atoms with Crippen LogP contribution in [0.2, 0.25) is 5.02 Å². The van der Waals surface area contributed by atoms with E-state index in [2.05, 4.69) is 4.99 Å². The van der Waals surface area contributed by atoms with Crippen molar-refractivity contribution < 1.29 is 28.2 Å². The lowest BCUT2D eigenvalue weighted by Gasteiger charge is -2.12. The summed E-state index contributed by atoms with van der Waals surface area (Å²) in [4.78, 5) is 28.8. The number of esters is 2. The molecule has 0 aliphatic carbocycles. The van der Waals surface area contributed by atoms with E-state index < -0.39 is 11.9 Å². The molecule has 3 aromatic rings. The summed E-state index contributed by atoms with van der Waals surface area (Å²) in [5.41, 5.74) is 1.97. The van der Waals surface area contributed by atoms with Gasteiger partial charge in [-0.3, -0.25) is 0 Å². The van der Waals surface area contributed by atoms with Crippen LogP contribution >= 0.6 is 11.6 Å². The Morgan fingerprint density at radius 3 is 2.61 bits per heavy atom. The molecule has 2 heterocycles. The summed E-state index contributed by atoms with van der Waals surface area (Å²) >= 11 is 6.35. The van der Waals surface area contributed by atoms with Crippen molar-refractivity contribution in [1.82, 2.24) is 0 Å². The Morgan fingerprint density at radius 2 is 1.94 bits per heavy atom. The van der Waals surface area contributed by atoms with Crippen molar-refractivity contribution in [2.24, 2.45) is 4.99 Å². The molecule has 156 valence electrons. The molecule has 2 aromatic carbocycles. The molecular formula is C23H16ClNO6. The zero-order valence-corrected chi connectivity index (χ0v) is 17.3. The molecule has 1 aliphatic rings. The van der Waals surface area contributed by atoms with E-state index in [9.17, 15) is 9.59 Å². The van der Waals surface area contributed by atoms with Gasteiger partial charge in [-0.15, -0.1) is 0 Å².